The molecule has 1 amide bonds. The van der Waals surface area contributed by atoms with Crippen LogP contribution < -0.4 is 14.8 Å². The van der Waals surface area contributed by atoms with E-state index < -0.39 is 0 Å². The summed E-state index contributed by atoms with van der Waals surface area (Å²) in [6.45, 7) is 2.45. The summed E-state index contributed by atoms with van der Waals surface area (Å²) in [4.78, 5) is 17.1. The first-order valence-electron chi connectivity index (χ1n) is 8.06. The minimum absolute atomic E-state index is 0.232. The summed E-state index contributed by atoms with van der Waals surface area (Å²) in [6.07, 6.45) is 1.76. The molecule has 0 bridgehead atoms. The lowest BCUT2D eigenvalue weighted by molar-refractivity contribution is -0.115. The summed E-state index contributed by atoms with van der Waals surface area (Å²) in [6, 6.07) is 10.6. The average molecular weight is 423 g/mol. The number of nitrogens with one attached hydrogen (secondary N) is 1. The fourth-order valence-electron chi connectivity index (χ4n) is 2.37. The van der Waals surface area contributed by atoms with Gasteiger partial charge in [-0.2, -0.15) is 0 Å². The number of aliphatic imine (C=N–C) groups is 1. The molecular weight excluding hydrogens is 407 g/mol. The molecule has 0 unspecified atom stereocenters. The summed E-state index contributed by atoms with van der Waals surface area (Å²) >= 11 is 13.4. The Labute approximate surface area is 171 Å². The van der Waals surface area contributed by atoms with Crippen molar-refractivity contribution in [1.29, 1.82) is 0 Å². The highest BCUT2D eigenvalue weighted by Gasteiger charge is 2.24. The Balaban J connectivity index is 1.85. The molecule has 1 aliphatic heterocycles. The smallest absolute Gasteiger partial charge is 0.264 e. The lowest BCUT2D eigenvalue weighted by atomic mass is 10.2. The van der Waals surface area contributed by atoms with Gasteiger partial charge >= 0.3 is 0 Å². The summed E-state index contributed by atoms with van der Waals surface area (Å²) in [5, 5.41) is 3.92. The molecule has 8 heteroatoms. The maximum absolute atomic E-state index is 12.3. The van der Waals surface area contributed by atoms with E-state index in [1.807, 2.05) is 25.1 Å². The van der Waals surface area contributed by atoms with E-state index in [9.17, 15) is 4.79 Å². The van der Waals surface area contributed by atoms with Gasteiger partial charge in [0.2, 0.25) is 0 Å². The largest absolute Gasteiger partial charge is 0.493 e. The lowest BCUT2D eigenvalue weighted by Crippen LogP contribution is -2.19. The molecule has 3 rings (SSSR count). The Bertz CT molecular complexity index is 945. The molecule has 0 spiro atoms. The second kappa shape index (κ2) is 8.69. The number of amides is 1. The number of hydrogen-bond donors (Lipinski definition) is 1. The van der Waals surface area contributed by atoms with Gasteiger partial charge in [-0.25, -0.2) is 4.99 Å². The highest BCUT2D eigenvalue weighted by Crippen LogP contribution is 2.35. The van der Waals surface area contributed by atoms with Crippen molar-refractivity contribution in [2.24, 2.45) is 4.99 Å². The molecule has 140 valence electrons. The zero-order chi connectivity index (χ0) is 19.4. The second-order valence-corrected chi connectivity index (χ2v) is 7.21. The Hall–Kier alpha value is -2.15. The fourth-order valence-corrected chi connectivity index (χ4v) is 3.54. The van der Waals surface area contributed by atoms with E-state index in [2.05, 4.69) is 10.3 Å². The molecule has 1 saturated heterocycles. The molecule has 1 fully saturated rings. The number of amidine groups is 1. The predicted molar refractivity (Wildman–Crippen MR) is 111 cm³/mol. The van der Waals surface area contributed by atoms with Crippen molar-refractivity contribution in [2.75, 3.05) is 13.7 Å². The molecule has 5 nitrogen and oxygen atoms in total. The maximum Gasteiger partial charge on any atom is 0.264 e. The van der Waals surface area contributed by atoms with Crippen molar-refractivity contribution in [2.45, 2.75) is 6.92 Å². The van der Waals surface area contributed by atoms with Crippen LogP contribution in [0.25, 0.3) is 6.08 Å². The third-order valence-corrected chi connectivity index (χ3v) is 5.31. The first-order valence-corrected chi connectivity index (χ1v) is 9.63. The van der Waals surface area contributed by atoms with Crippen molar-refractivity contribution in [3.8, 4) is 11.5 Å². The standard InChI is InChI=1S/C19H16Cl2N2O3S/c1-3-26-14-8-7-11(9-15(14)25-2)10-16-18(24)23-19(27-16)22-13-6-4-5-12(20)17(13)21/h4-10H,3H2,1-2H3,(H,22,23,24). The molecule has 27 heavy (non-hydrogen) atoms. The van der Waals surface area contributed by atoms with Crippen LogP contribution in [0.1, 0.15) is 12.5 Å². The Morgan fingerprint density at radius 2 is 2.04 bits per heavy atom. The Kier molecular flexibility index (Phi) is 6.31. The number of benzene rings is 2. The summed E-state index contributed by atoms with van der Waals surface area (Å²) in [5.74, 6) is 1.03. The lowest BCUT2D eigenvalue weighted by Gasteiger charge is -2.09. The quantitative estimate of drug-likeness (QED) is 0.664. The Morgan fingerprint density at radius 3 is 2.78 bits per heavy atom. The molecule has 0 aromatic heterocycles. The number of halogens is 2. The normalized spacial score (nSPS) is 16.7. The predicted octanol–water partition coefficient (Wildman–Crippen LogP) is 5.29. The van der Waals surface area contributed by atoms with Crippen LogP contribution in [0.4, 0.5) is 5.69 Å². The monoisotopic (exact) mass is 422 g/mol. The minimum Gasteiger partial charge on any atom is -0.493 e. The summed E-state index contributed by atoms with van der Waals surface area (Å²) in [7, 11) is 1.57. The first kappa shape index (κ1) is 19.6. The first-order chi connectivity index (χ1) is 13.0. The van der Waals surface area contributed by atoms with Crippen molar-refractivity contribution in [1.82, 2.24) is 5.32 Å². The van der Waals surface area contributed by atoms with Crippen LogP contribution in [0.2, 0.25) is 10.0 Å². The fraction of sp³-hybridized carbons (Fsp3) is 0.158. The van der Waals surface area contributed by atoms with Crippen molar-refractivity contribution >= 4 is 57.8 Å². The molecular formula is C19H16Cl2N2O3S. The van der Waals surface area contributed by atoms with Gasteiger partial charge in [-0.05, 0) is 54.6 Å². The number of hydrogen-bond acceptors (Lipinski definition) is 5. The van der Waals surface area contributed by atoms with Crippen LogP contribution in [0, 0.1) is 0 Å². The second-order valence-electron chi connectivity index (χ2n) is 5.40. The number of carbonyl (C=O) groups excluding carboxylic acids is 1. The number of carbonyl (C=O) groups is 1. The van der Waals surface area contributed by atoms with Gasteiger partial charge in [0.15, 0.2) is 16.7 Å². The van der Waals surface area contributed by atoms with Gasteiger partial charge < -0.3 is 14.8 Å². The van der Waals surface area contributed by atoms with E-state index in [0.29, 0.717) is 43.9 Å². The van der Waals surface area contributed by atoms with Gasteiger partial charge in [-0.3, -0.25) is 4.79 Å². The van der Waals surface area contributed by atoms with Crippen LogP contribution in [-0.4, -0.2) is 24.8 Å². The maximum atomic E-state index is 12.3. The van der Waals surface area contributed by atoms with Gasteiger partial charge in [-0.1, -0.05) is 35.3 Å². The average Bonchev–Trinajstić information content (AvgIpc) is 2.99. The van der Waals surface area contributed by atoms with Gasteiger partial charge in [-0.15, -0.1) is 0 Å². The highest BCUT2D eigenvalue weighted by atomic mass is 35.5. The molecule has 0 radical (unpaired) electrons. The molecule has 0 atom stereocenters. The molecule has 0 saturated carbocycles. The number of methoxy groups -OCH3 is 1. The van der Waals surface area contributed by atoms with E-state index in [1.54, 1.807) is 31.4 Å². The van der Waals surface area contributed by atoms with Gasteiger partial charge in [0.1, 0.15) is 0 Å². The third kappa shape index (κ3) is 4.58. The van der Waals surface area contributed by atoms with Crippen LogP contribution in [0.3, 0.4) is 0 Å². The van der Waals surface area contributed by atoms with Crippen molar-refractivity contribution in [3.05, 3.63) is 56.9 Å². The van der Waals surface area contributed by atoms with E-state index >= 15 is 0 Å². The van der Waals surface area contributed by atoms with Crippen LogP contribution >= 0.6 is 35.0 Å². The van der Waals surface area contributed by atoms with Gasteiger partial charge in [0.25, 0.3) is 5.91 Å². The SMILES string of the molecule is CCOc1ccc(C=C2SC(=Nc3cccc(Cl)c3Cl)NC2=O)cc1OC. The van der Waals surface area contributed by atoms with Crippen molar-refractivity contribution < 1.29 is 14.3 Å². The van der Waals surface area contributed by atoms with E-state index in [4.69, 9.17) is 32.7 Å². The minimum atomic E-state index is -0.232. The summed E-state index contributed by atoms with van der Waals surface area (Å²) < 4.78 is 10.8. The zero-order valence-electron chi connectivity index (χ0n) is 14.6. The topological polar surface area (TPSA) is 59.9 Å². The number of thioether (sulfide) groups is 1. The van der Waals surface area contributed by atoms with Gasteiger partial charge in [0, 0.05) is 0 Å². The molecule has 2 aromatic carbocycles. The van der Waals surface area contributed by atoms with Crippen LogP contribution in [-0.2, 0) is 4.79 Å². The molecule has 1 N–H and O–H groups in total. The highest BCUT2D eigenvalue weighted by molar-refractivity contribution is 8.18. The number of nitrogens with zero attached hydrogens (tertiary/aromatic N) is 1. The third-order valence-electron chi connectivity index (χ3n) is 3.59. The van der Waals surface area contributed by atoms with Crippen LogP contribution in [0.5, 0.6) is 11.5 Å². The number of rotatable bonds is 5. The molecule has 1 aliphatic rings. The van der Waals surface area contributed by atoms with E-state index in [-0.39, 0.29) is 5.91 Å². The molecule has 0 aliphatic carbocycles. The van der Waals surface area contributed by atoms with Crippen LogP contribution in [0.15, 0.2) is 46.3 Å². The van der Waals surface area contributed by atoms with Gasteiger partial charge in [0.05, 0.1) is 34.4 Å². The molecule has 1 heterocycles. The van der Waals surface area contributed by atoms with Crippen molar-refractivity contribution in [3.63, 3.8) is 0 Å². The number of ether oxygens (including phenoxy) is 2. The van der Waals surface area contributed by atoms with E-state index in [1.165, 1.54) is 11.8 Å². The summed E-state index contributed by atoms with van der Waals surface area (Å²) in [5.41, 5.74) is 1.31. The Morgan fingerprint density at radius 1 is 1.22 bits per heavy atom. The van der Waals surface area contributed by atoms with E-state index in [0.717, 1.165) is 5.56 Å². The zero-order valence-corrected chi connectivity index (χ0v) is 16.9. The molecule has 2 aromatic rings.